The molecule has 1 rings (SSSR count). The fourth-order valence-electron chi connectivity index (χ4n) is 1.34. The molecule has 1 aromatic rings. The number of hydrogen-bond acceptors (Lipinski definition) is 2. The van der Waals surface area contributed by atoms with E-state index >= 15 is 0 Å². The summed E-state index contributed by atoms with van der Waals surface area (Å²) in [4.78, 5) is 13.7. The van der Waals surface area contributed by atoms with Crippen LogP contribution in [0.5, 0.6) is 0 Å². The van der Waals surface area contributed by atoms with E-state index in [0.29, 0.717) is 5.56 Å². The first-order valence-electron chi connectivity index (χ1n) is 5.11. The number of hydrogen-bond donors (Lipinski definition) is 1. The second-order valence-corrected chi connectivity index (χ2v) is 4.82. The maximum atomic E-state index is 12.1. The summed E-state index contributed by atoms with van der Waals surface area (Å²) in [7, 11) is 1.70. The van der Waals surface area contributed by atoms with Crippen molar-refractivity contribution in [3.8, 4) is 0 Å². The highest BCUT2D eigenvalue weighted by atomic mass is 79.9. The van der Waals surface area contributed by atoms with E-state index < -0.39 is 0 Å². The maximum absolute atomic E-state index is 12.1. The van der Waals surface area contributed by atoms with Gasteiger partial charge in [0.05, 0.1) is 12.6 Å². The summed E-state index contributed by atoms with van der Waals surface area (Å²) in [5.74, 6) is -0.0691. The molecule has 0 aliphatic heterocycles. The molecule has 0 heterocycles. The molecule has 88 valence electrons. The van der Waals surface area contributed by atoms with Gasteiger partial charge in [-0.2, -0.15) is 0 Å². The Morgan fingerprint density at radius 2 is 2.19 bits per heavy atom. The summed E-state index contributed by atoms with van der Waals surface area (Å²) in [6.07, 6.45) is 0. The van der Waals surface area contributed by atoms with Crippen molar-refractivity contribution in [3.05, 3.63) is 33.8 Å². The van der Waals surface area contributed by atoms with Crippen LogP contribution >= 0.6 is 15.9 Å². The Labute approximate surface area is 104 Å². The summed E-state index contributed by atoms with van der Waals surface area (Å²) >= 11 is 3.35. The summed E-state index contributed by atoms with van der Waals surface area (Å²) in [6, 6.07) is 5.43. The van der Waals surface area contributed by atoms with Crippen LogP contribution in [0.15, 0.2) is 22.7 Å². The first-order chi connectivity index (χ1) is 7.47. The van der Waals surface area contributed by atoms with Crippen molar-refractivity contribution in [1.82, 2.24) is 4.90 Å². The molecule has 3 nitrogen and oxygen atoms in total. The molecule has 0 fully saturated rings. The van der Waals surface area contributed by atoms with Crippen LogP contribution in [0, 0.1) is 6.92 Å². The molecule has 0 radical (unpaired) electrons. The van der Waals surface area contributed by atoms with Crippen LogP contribution in [0.25, 0.3) is 0 Å². The van der Waals surface area contributed by atoms with Gasteiger partial charge >= 0.3 is 0 Å². The zero-order chi connectivity index (χ0) is 12.3. The third kappa shape index (κ3) is 2.83. The van der Waals surface area contributed by atoms with E-state index in [4.69, 9.17) is 5.11 Å². The summed E-state index contributed by atoms with van der Waals surface area (Å²) < 4.78 is 0.881. The number of rotatable bonds is 3. The Hall–Kier alpha value is -0.870. The zero-order valence-corrected chi connectivity index (χ0v) is 11.3. The fraction of sp³-hybridized carbons (Fsp3) is 0.417. The van der Waals surface area contributed by atoms with Gasteiger partial charge in [0.25, 0.3) is 5.91 Å². The van der Waals surface area contributed by atoms with Crippen LogP contribution in [0.3, 0.4) is 0 Å². The molecule has 16 heavy (non-hydrogen) atoms. The van der Waals surface area contributed by atoms with Gasteiger partial charge < -0.3 is 10.0 Å². The molecular weight excluding hydrogens is 270 g/mol. The zero-order valence-electron chi connectivity index (χ0n) is 9.70. The number of nitrogens with zero attached hydrogens (tertiary/aromatic N) is 1. The molecule has 4 heteroatoms. The van der Waals surface area contributed by atoms with Gasteiger partial charge in [0.1, 0.15) is 0 Å². The molecular formula is C12H16BrNO2. The summed E-state index contributed by atoms with van der Waals surface area (Å²) in [6.45, 7) is 3.68. The van der Waals surface area contributed by atoms with Gasteiger partial charge in [0.2, 0.25) is 0 Å². The topological polar surface area (TPSA) is 40.5 Å². The third-order valence-corrected chi connectivity index (χ3v) is 3.17. The molecule has 0 bridgehead atoms. The van der Waals surface area contributed by atoms with Crippen LogP contribution in [0.2, 0.25) is 0 Å². The summed E-state index contributed by atoms with van der Waals surface area (Å²) in [5, 5.41) is 9.02. The van der Waals surface area contributed by atoms with Crippen LogP contribution in [0.1, 0.15) is 22.8 Å². The minimum absolute atomic E-state index is 0.0324. The Bertz CT molecular complexity index is 393. The lowest BCUT2D eigenvalue weighted by atomic mass is 10.1. The Morgan fingerprint density at radius 1 is 1.56 bits per heavy atom. The molecule has 0 spiro atoms. The molecule has 0 saturated carbocycles. The van der Waals surface area contributed by atoms with Crippen LogP contribution in [-0.2, 0) is 0 Å². The second-order valence-electron chi connectivity index (χ2n) is 3.91. The van der Waals surface area contributed by atoms with E-state index in [2.05, 4.69) is 15.9 Å². The first kappa shape index (κ1) is 13.2. The largest absolute Gasteiger partial charge is 0.394 e. The molecule has 0 aliphatic rings. The molecule has 1 amide bonds. The lowest BCUT2D eigenvalue weighted by Crippen LogP contribution is -2.37. The van der Waals surface area contributed by atoms with E-state index in [1.54, 1.807) is 18.0 Å². The van der Waals surface area contributed by atoms with E-state index in [1.165, 1.54) is 0 Å². The Morgan fingerprint density at radius 3 is 2.75 bits per heavy atom. The van der Waals surface area contributed by atoms with Crippen molar-refractivity contribution in [3.63, 3.8) is 0 Å². The predicted octanol–water partition coefficient (Wildman–Crippen LogP) is 2.21. The van der Waals surface area contributed by atoms with E-state index in [1.807, 2.05) is 26.0 Å². The number of aliphatic hydroxyl groups excluding tert-OH is 1. The molecule has 1 atom stereocenters. The van der Waals surface area contributed by atoms with Crippen molar-refractivity contribution in [2.75, 3.05) is 13.7 Å². The van der Waals surface area contributed by atoms with Gasteiger partial charge in [0, 0.05) is 17.1 Å². The van der Waals surface area contributed by atoms with Crippen molar-refractivity contribution < 1.29 is 9.90 Å². The predicted molar refractivity (Wildman–Crippen MR) is 67.5 cm³/mol. The number of carbonyl (C=O) groups is 1. The number of aliphatic hydroxyl groups is 1. The average molecular weight is 286 g/mol. The lowest BCUT2D eigenvalue weighted by Gasteiger charge is -2.24. The maximum Gasteiger partial charge on any atom is 0.254 e. The van der Waals surface area contributed by atoms with Gasteiger partial charge in [0.15, 0.2) is 0 Å². The number of likely N-dealkylation sites (N-methyl/N-ethyl adjacent to an activating group) is 1. The molecule has 1 aromatic carbocycles. The fourth-order valence-corrected chi connectivity index (χ4v) is 1.70. The standard InChI is InChI=1S/C12H16BrNO2/c1-8-4-5-10(13)6-11(8)12(16)14(3)9(2)7-15/h4-6,9,15H,7H2,1-3H3/t9-/m1/s1. The number of carbonyl (C=O) groups excluding carboxylic acids is 1. The van der Waals surface area contributed by atoms with Crippen molar-refractivity contribution in [2.24, 2.45) is 0 Å². The minimum atomic E-state index is -0.175. The number of benzene rings is 1. The number of aryl methyl sites for hydroxylation is 1. The van der Waals surface area contributed by atoms with Crippen molar-refractivity contribution in [1.29, 1.82) is 0 Å². The van der Waals surface area contributed by atoms with E-state index in [0.717, 1.165) is 10.0 Å². The highest BCUT2D eigenvalue weighted by Crippen LogP contribution is 2.18. The van der Waals surface area contributed by atoms with Gasteiger partial charge in [-0.3, -0.25) is 4.79 Å². The third-order valence-electron chi connectivity index (χ3n) is 2.68. The minimum Gasteiger partial charge on any atom is -0.394 e. The van der Waals surface area contributed by atoms with E-state index in [-0.39, 0.29) is 18.6 Å². The van der Waals surface area contributed by atoms with Crippen molar-refractivity contribution in [2.45, 2.75) is 19.9 Å². The van der Waals surface area contributed by atoms with Crippen LogP contribution in [-0.4, -0.2) is 35.6 Å². The smallest absolute Gasteiger partial charge is 0.254 e. The molecule has 0 aromatic heterocycles. The summed E-state index contributed by atoms with van der Waals surface area (Å²) in [5.41, 5.74) is 1.60. The van der Waals surface area contributed by atoms with Crippen LogP contribution < -0.4 is 0 Å². The van der Waals surface area contributed by atoms with Crippen LogP contribution in [0.4, 0.5) is 0 Å². The van der Waals surface area contributed by atoms with E-state index in [9.17, 15) is 4.79 Å². The Kier molecular flexibility index (Phi) is 4.50. The molecule has 0 saturated heterocycles. The first-order valence-corrected chi connectivity index (χ1v) is 5.90. The van der Waals surface area contributed by atoms with Gasteiger partial charge in [-0.1, -0.05) is 22.0 Å². The highest BCUT2D eigenvalue weighted by molar-refractivity contribution is 9.10. The monoisotopic (exact) mass is 285 g/mol. The highest BCUT2D eigenvalue weighted by Gasteiger charge is 2.18. The van der Waals surface area contributed by atoms with Gasteiger partial charge in [-0.15, -0.1) is 0 Å². The van der Waals surface area contributed by atoms with Crippen molar-refractivity contribution >= 4 is 21.8 Å². The number of amides is 1. The number of halogens is 1. The van der Waals surface area contributed by atoms with Gasteiger partial charge in [-0.25, -0.2) is 0 Å². The molecule has 0 aliphatic carbocycles. The average Bonchev–Trinajstić information content (AvgIpc) is 2.29. The SMILES string of the molecule is Cc1ccc(Br)cc1C(=O)N(C)[C@H](C)CO. The molecule has 0 unspecified atom stereocenters. The quantitative estimate of drug-likeness (QED) is 0.925. The molecule has 1 N–H and O–H groups in total. The second kappa shape index (κ2) is 5.46. The normalized spacial score (nSPS) is 12.3. The Balaban J connectivity index is 3.00. The lowest BCUT2D eigenvalue weighted by molar-refractivity contribution is 0.0681. The van der Waals surface area contributed by atoms with Gasteiger partial charge in [-0.05, 0) is 31.5 Å².